The highest BCUT2D eigenvalue weighted by molar-refractivity contribution is 7.89. The molecule has 0 atom stereocenters. The van der Waals surface area contributed by atoms with Crippen LogP contribution in [0.15, 0.2) is 29.2 Å². The van der Waals surface area contributed by atoms with Gasteiger partial charge in [0.2, 0.25) is 10.0 Å². The Kier molecular flexibility index (Phi) is 4.69. The van der Waals surface area contributed by atoms with Crippen molar-refractivity contribution in [2.75, 3.05) is 20.7 Å². The van der Waals surface area contributed by atoms with Crippen LogP contribution in [0.5, 0.6) is 5.75 Å². The predicted octanol–water partition coefficient (Wildman–Crippen LogP) is 0.576. The molecule has 100 valence electrons. The first kappa shape index (κ1) is 14.5. The highest BCUT2D eigenvalue weighted by Crippen LogP contribution is 2.19. The Labute approximate surface area is 106 Å². The Bertz CT molecular complexity index is 526. The van der Waals surface area contributed by atoms with Crippen molar-refractivity contribution in [3.8, 4) is 5.75 Å². The molecule has 0 fully saturated rings. The second kappa shape index (κ2) is 5.83. The summed E-state index contributed by atoms with van der Waals surface area (Å²) >= 11 is 0. The maximum Gasteiger partial charge on any atom is 0.306 e. The van der Waals surface area contributed by atoms with Gasteiger partial charge in [0.05, 0.1) is 18.4 Å². The van der Waals surface area contributed by atoms with Gasteiger partial charge in [-0.3, -0.25) is 4.79 Å². The van der Waals surface area contributed by atoms with Gasteiger partial charge >= 0.3 is 5.97 Å². The molecule has 1 rings (SSSR count). The maximum absolute atomic E-state index is 12.0. The van der Waals surface area contributed by atoms with Crippen molar-refractivity contribution in [1.82, 2.24) is 4.31 Å². The Hall–Kier alpha value is -1.60. The highest BCUT2D eigenvalue weighted by Gasteiger charge is 2.21. The molecule has 0 radical (unpaired) electrons. The quantitative estimate of drug-likeness (QED) is 0.793. The Morgan fingerprint density at radius 2 is 2.11 bits per heavy atom. The third-order valence-electron chi connectivity index (χ3n) is 2.38. The summed E-state index contributed by atoms with van der Waals surface area (Å²) in [4.78, 5) is 10.9. The number of aromatic hydroxyl groups is 1. The maximum atomic E-state index is 12.0. The second-order valence-electron chi connectivity index (χ2n) is 3.65. The summed E-state index contributed by atoms with van der Waals surface area (Å²) < 4.78 is 29.6. The zero-order valence-corrected chi connectivity index (χ0v) is 11.0. The summed E-state index contributed by atoms with van der Waals surface area (Å²) in [5.41, 5.74) is 0. The fourth-order valence-corrected chi connectivity index (χ4v) is 2.51. The second-order valence-corrected chi connectivity index (χ2v) is 5.69. The number of sulfonamides is 1. The van der Waals surface area contributed by atoms with Gasteiger partial charge < -0.3 is 9.84 Å². The van der Waals surface area contributed by atoms with E-state index in [0.717, 1.165) is 10.4 Å². The van der Waals surface area contributed by atoms with Crippen LogP contribution in [0.2, 0.25) is 0 Å². The summed E-state index contributed by atoms with van der Waals surface area (Å²) in [6.45, 7) is 0.0185. The molecule has 1 N–H and O–H groups in total. The number of phenols is 1. The summed E-state index contributed by atoms with van der Waals surface area (Å²) in [6, 6.07) is 5.36. The van der Waals surface area contributed by atoms with E-state index < -0.39 is 16.0 Å². The molecule has 0 unspecified atom stereocenters. The van der Waals surface area contributed by atoms with Crippen LogP contribution in [-0.4, -0.2) is 44.5 Å². The van der Waals surface area contributed by atoms with E-state index in [1.54, 1.807) is 0 Å². The molecular formula is C11H15NO5S. The van der Waals surface area contributed by atoms with Crippen molar-refractivity contribution in [2.24, 2.45) is 0 Å². The SMILES string of the molecule is COC(=O)CCN(C)S(=O)(=O)c1cccc(O)c1. The molecule has 0 spiro atoms. The largest absolute Gasteiger partial charge is 0.508 e. The van der Waals surface area contributed by atoms with Crippen molar-refractivity contribution in [2.45, 2.75) is 11.3 Å². The number of hydrogen-bond acceptors (Lipinski definition) is 5. The molecule has 7 heteroatoms. The number of hydrogen-bond donors (Lipinski definition) is 1. The minimum Gasteiger partial charge on any atom is -0.508 e. The smallest absolute Gasteiger partial charge is 0.306 e. The molecule has 0 aromatic heterocycles. The molecule has 0 bridgehead atoms. The van der Waals surface area contributed by atoms with Gasteiger partial charge in [0.15, 0.2) is 0 Å². The standard InChI is InChI=1S/C11H15NO5S/c1-12(7-6-11(14)17-2)18(15,16)10-5-3-4-9(13)8-10/h3-5,8,13H,6-7H2,1-2H3. The Balaban J connectivity index is 2.83. The lowest BCUT2D eigenvalue weighted by molar-refractivity contribution is -0.140. The first-order valence-electron chi connectivity index (χ1n) is 5.20. The number of rotatable bonds is 5. The van der Waals surface area contributed by atoms with Crippen LogP contribution < -0.4 is 0 Å². The summed E-state index contributed by atoms with van der Waals surface area (Å²) in [5.74, 6) is -0.606. The average molecular weight is 273 g/mol. The third kappa shape index (κ3) is 3.44. The van der Waals surface area contributed by atoms with Crippen molar-refractivity contribution < 1.29 is 23.1 Å². The van der Waals surface area contributed by atoms with Crippen molar-refractivity contribution in [1.29, 1.82) is 0 Å². The van der Waals surface area contributed by atoms with E-state index in [2.05, 4.69) is 4.74 Å². The first-order valence-corrected chi connectivity index (χ1v) is 6.64. The number of benzene rings is 1. The molecule has 0 amide bonds. The van der Waals surface area contributed by atoms with Crippen molar-refractivity contribution in [3.05, 3.63) is 24.3 Å². The fourth-order valence-electron chi connectivity index (χ4n) is 1.29. The Morgan fingerprint density at radius 3 is 2.67 bits per heavy atom. The lowest BCUT2D eigenvalue weighted by atomic mass is 10.3. The molecule has 1 aromatic rings. The van der Waals surface area contributed by atoms with E-state index in [-0.39, 0.29) is 23.6 Å². The van der Waals surface area contributed by atoms with E-state index in [1.165, 1.54) is 32.4 Å². The van der Waals surface area contributed by atoms with Crippen molar-refractivity contribution >= 4 is 16.0 Å². The van der Waals surface area contributed by atoms with Crippen LogP contribution in [0.3, 0.4) is 0 Å². The molecule has 6 nitrogen and oxygen atoms in total. The number of methoxy groups -OCH3 is 1. The molecule has 0 saturated heterocycles. The molecule has 0 aliphatic heterocycles. The van der Waals surface area contributed by atoms with Crippen LogP contribution in [0.4, 0.5) is 0 Å². The van der Waals surface area contributed by atoms with Gasteiger partial charge in [-0.1, -0.05) is 6.07 Å². The normalized spacial score (nSPS) is 11.5. The number of nitrogens with zero attached hydrogens (tertiary/aromatic N) is 1. The number of esters is 1. The molecule has 0 aliphatic rings. The van der Waals surface area contributed by atoms with Crippen LogP contribution in [-0.2, 0) is 19.6 Å². The summed E-state index contributed by atoms with van der Waals surface area (Å²) in [6.07, 6.45) is -0.0228. The minimum absolute atomic E-state index is 0.0185. The van der Waals surface area contributed by atoms with Crippen LogP contribution in [0.1, 0.15) is 6.42 Å². The van der Waals surface area contributed by atoms with Crippen LogP contribution >= 0.6 is 0 Å². The van der Waals surface area contributed by atoms with Gasteiger partial charge in [-0.15, -0.1) is 0 Å². The monoisotopic (exact) mass is 273 g/mol. The van der Waals surface area contributed by atoms with Crippen LogP contribution in [0.25, 0.3) is 0 Å². The number of ether oxygens (including phenoxy) is 1. The van der Waals surface area contributed by atoms with E-state index >= 15 is 0 Å². The van der Waals surface area contributed by atoms with E-state index in [1.807, 2.05) is 0 Å². The molecular weight excluding hydrogens is 258 g/mol. The lowest BCUT2D eigenvalue weighted by Crippen LogP contribution is -2.29. The minimum atomic E-state index is -3.70. The average Bonchev–Trinajstić information content (AvgIpc) is 2.35. The predicted molar refractivity (Wildman–Crippen MR) is 64.6 cm³/mol. The van der Waals surface area contributed by atoms with Crippen LogP contribution in [0, 0.1) is 0 Å². The van der Waals surface area contributed by atoms with Gasteiger partial charge in [0, 0.05) is 13.6 Å². The number of carbonyl (C=O) groups excluding carboxylic acids is 1. The first-order chi connectivity index (χ1) is 8.37. The van der Waals surface area contributed by atoms with Gasteiger partial charge in [-0.2, -0.15) is 0 Å². The Morgan fingerprint density at radius 1 is 1.44 bits per heavy atom. The van der Waals surface area contributed by atoms with Gasteiger partial charge in [0.25, 0.3) is 0 Å². The van der Waals surface area contributed by atoms with E-state index in [0.29, 0.717) is 0 Å². The van der Waals surface area contributed by atoms with Gasteiger partial charge in [0.1, 0.15) is 5.75 Å². The number of phenolic OH excluding ortho intramolecular Hbond substituents is 1. The van der Waals surface area contributed by atoms with E-state index in [4.69, 9.17) is 0 Å². The zero-order valence-electron chi connectivity index (χ0n) is 10.2. The molecule has 0 saturated carbocycles. The third-order valence-corrected chi connectivity index (χ3v) is 4.24. The summed E-state index contributed by atoms with van der Waals surface area (Å²) in [5, 5.41) is 9.26. The number of carbonyl (C=O) groups is 1. The fraction of sp³-hybridized carbons (Fsp3) is 0.364. The zero-order chi connectivity index (χ0) is 13.8. The molecule has 1 aromatic carbocycles. The lowest BCUT2D eigenvalue weighted by Gasteiger charge is -2.16. The molecule has 0 aliphatic carbocycles. The molecule has 0 heterocycles. The van der Waals surface area contributed by atoms with E-state index in [9.17, 15) is 18.3 Å². The van der Waals surface area contributed by atoms with Gasteiger partial charge in [-0.05, 0) is 18.2 Å². The molecule has 18 heavy (non-hydrogen) atoms. The highest BCUT2D eigenvalue weighted by atomic mass is 32.2. The summed E-state index contributed by atoms with van der Waals surface area (Å²) in [7, 11) is -1.09. The van der Waals surface area contributed by atoms with Gasteiger partial charge in [-0.25, -0.2) is 12.7 Å². The van der Waals surface area contributed by atoms with Crippen molar-refractivity contribution in [3.63, 3.8) is 0 Å². The topological polar surface area (TPSA) is 83.9 Å².